The van der Waals surface area contributed by atoms with Crippen LogP contribution in [0.15, 0.2) is 41.3 Å². The van der Waals surface area contributed by atoms with Gasteiger partial charge < -0.3 is 10.5 Å². The summed E-state index contributed by atoms with van der Waals surface area (Å²) in [4.78, 5) is 4.41. The Balaban J connectivity index is 2.27. The Kier molecular flexibility index (Phi) is 3.44. The van der Waals surface area contributed by atoms with E-state index < -0.39 is 9.84 Å². The van der Waals surface area contributed by atoms with Crippen molar-refractivity contribution in [2.45, 2.75) is 11.8 Å². The number of hydrogen-bond acceptors (Lipinski definition) is 5. The molecule has 0 aliphatic rings. The van der Waals surface area contributed by atoms with E-state index in [9.17, 15) is 8.42 Å². The van der Waals surface area contributed by atoms with E-state index in [1.54, 1.807) is 24.3 Å². The Bertz CT molecular complexity index is 694. The van der Waals surface area contributed by atoms with Gasteiger partial charge in [0.25, 0.3) is 0 Å². The normalized spacial score (nSPS) is 11.3. The quantitative estimate of drug-likeness (QED) is 0.930. The highest BCUT2D eigenvalue weighted by Crippen LogP contribution is 2.26. The number of sulfone groups is 1. The van der Waals surface area contributed by atoms with Crippen LogP contribution in [0.3, 0.4) is 0 Å². The zero-order valence-electron chi connectivity index (χ0n) is 10.6. The van der Waals surface area contributed by atoms with Crippen LogP contribution < -0.4 is 10.5 Å². The molecule has 2 rings (SSSR count). The molecule has 6 heteroatoms. The predicted molar refractivity (Wildman–Crippen MR) is 73.0 cm³/mol. The minimum Gasteiger partial charge on any atom is -0.437 e. The van der Waals surface area contributed by atoms with Crippen LogP contribution in [0.5, 0.6) is 11.6 Å². The van der Waals surface area contributed by atoms with Gasteiger partial charge >= 0.3 is 0 Å². The van der Waals surface area contributed by atoms with E-state index in [2.05, 4.69) is 4.98 Å². The lowest BCUT2D eigenvalue weighted by Crippen LogP contribution is -1.98. The standard InChI is InChI=1S/C13H14N2O3S/c1-9-3-8-12(14)13(15-9)18-10-4-6-11(7-5-10)19(2,16)17/h3-8H,14H2,1-2H3. The molecule has 0 unspecified atom stereocenters. The monoisotopic (exact) mass is 278 g/mol. The smallest absolute Gasteiger partial charge is 0.242 e. The first-order valence-corrected chi connectivity index (χ1v) is 7.46. The minimum absolute atomic E-state index is 0.241. The van der Waals surface area contributed by atoms with Crippen LogP contribution in [0.25, 0.3) is 0 Å². The van der Waals surface area contributed by atoms with E-state index in [-0.39, 0.29) is 4.90 Å². The van der Waals surface area contributed by atoms with Gasteiger partial charge in [-0.2, -0.15) is 0 Å². The first kappa shape index (κ1) is 13.4. The molecule has 0 radical (unpaired) electrons. The first-order chi connectivity index (χ1) is 8.86. The van der Waals surface area contributed by atoms with E-state index in [1.165, 1.54) is 12.1 Å². The van der Waals surface area contributed by atoms with Gasteiger partial charge in [-0.15, -0.1) is 0 Å². The van der Waals surface area contributed by atoms with Crippen LogP contribution >= 0.6 is 0 Å². The number of nitrogens with two attached hydrogens (primary N) is 1. The summed E-state index contributed by atoms with van der Waals surface area (Å²) in [7, 11) is -3.20. The fraction of sp³-hybridized carbons (Fsp3) is 0.154. The molecule has 0 aliphatic carbocycles. The Labute approximate surface area is 112 Å². The second-order valence-electron chi connectivity index (χ2n) is 4.19. The lowest BCUT2D eigenvalue weighted by atomic mass is 10.3. The summed E-state index contributed by atoms with van der Waals surface area (Å²) in [5.74, 6) is 0.796. The molecule has 0 spiro atoms. The number of ether oxygens (including phenoxy) is 1. The lowest BCUT2D eigenvalue weighted by molar-refractivity contribution is 0.464. The van der Waals surface area contributed by atoms with Crippen molar-refractivity contribution in [3.05, 3.63) is 42.1 Å². The molecule has 1 heterocycles. The second kappa shape index (κ2) is 4.89. The van der Waals surface area contributed by atoms with Crippen LogP contribution in [-0.2, 0) is 9.84 Å². The third kappa shape index (κ3) is 3.23. The number of rotatable bonds is 3. The maximum absolute atomic E-state index is 11.3. The fourth-order valence-electron chi connectivity index (χ4n) is 1.49. The van der Waals surface area contributed by atoms with Crippen LogP contribution in [-0.4, -0.2) is 19.7 Å². The molecule has 0 amide bonds. The van der Waals surface area contributed by atoms with Gasteiger partial charge in [-0.05, 0) is 43.3 Å². The summed E-state index contributed by atoms with van der Waals surface area (Å²) in [6.45, 7) is 1.83. The Hall–Kier alpha value is -2.08. The molecule has 1 aromatic carbocycles. The third-order valence-corrected chi connectivity index (χ3v) is 3.62. The number of nitrogens with zero attached hydrogens (tertiary/aromatic N) is 1. The fourth-order valence-corrected chi connectivity index (χ4v) is 2.12. The Morgan fingerprint density at radius 1 is 1.11 bits per heavy atom. The molecule has 0 saturated carbocycles. The highest BCUT2D eigenvalue weighted by molar-refractivity contribution is 7.90. The minimum atomic E-state index is -3.20. The molecule has 2 aromatic rings. The van der Waals surface area contributed by atoms with Crippen LogP contribution in [0, 0.1) is 6.92 Å². The maximum atomic E-state index is 11.3. The van der Waals surface area contributed by atoms with E-state index in [0.717, 1.165) is 11.9 Å². The SMILES string of the molecule is Cc1ccc(N)c(Oc2ccc(S(C)(=O)=O)cc2)n1. The average Bonchev–Trinajstić information content (AvgIpc) is 2.33. The molecule has 0 atom stereocenters. The number of anilines is 1. The van der Waals surface area contributed by atoms with Crippen molar-refractivity contribution < 1.29 is 13.2 Å². The molecule has 2 N–H and O–H groups in total. The van der Waals surface area contributed by atoms with E-state index in [1.807, 2.05) is 6.92 Å². The molecular weight excluding hydrogens is 264 g/mol. The van der Waals surface area contributed by atoms with Gasteiger partial charge in [0.2, 0.25) is 5.88 Å². The van der Waals surface area contributed by atoms with Crippen molar-refractivity contribution in [2.75, 3.05) is 12.0 Å². The van der Waals surface area contributed by atoms with Crippen molar-refractivity contribution in [1.82, 2.24) is 4.98 Å². The lowest BCUT2D eigenvalue weighted by Gasteiger charge is -2.08. The summed E-state index contributed by atoms with van der Waals surface area (Å²) < 4.78 is 28.2. The highest BCUT2D eigenvalue weighted by Gasteiger charge is 2.08. The second-order valence-corrected chi connectivity index (χ2v) is 6.21. The van der Waals surface area contributed by atoms with Crippen molar-refractivity contribution >= 4 is 15.5 Å². The summed E-state index contributed by atoms with van der Waals surface area (Å²) >= 11 is 0. The maximum Gasteiger partial charge on any atom is 0.242 e. The molecule has 0 saturated heterocycles. The van der Waals surface area contributed by atoms with Crippen molar-refractivity contribution in [3.8, 4) is 11.6 Å². The van der Waals surface area contributed by atoms with Crippen molar-refractivity contribution in [3.63, 3.8) is 0 Å². The first-order valence-electron chi connectivity index (χ1n) is 5.57. The predicted octanol–water partition coefficient (Wildman–Crippen LogP) is 2.17. The zero-order chi connectivity index (χ0) is 14.0. The van der Waals surface area contributed by atoms with E-state index in [0.29, 0.717) is 17.3 Å². The molecular formula is C13H14N2O3S. The molecule has 19 heavy (non-hydrogen) atoms. The van der Waals surface area contributed by atoms with E-state index in [4.69, 9.17) is 10.5 Å². The largest absolute Gasteiger partial charge is 0.437 e. The Morgan fingerprint density at radius 3 is 2.32 bits per heavy atom. The van der Waals surface area contributed by atoms with E-state index >= 15 is 0 Å². The number of hydrogen-bond donors (Lipinski definition) is 1. The van der Waals surface area contributed by atoms with Crippen LogP contribution in [0.1, 0.15) is 5.69 Å². The van der Waals surface area contributed by atoms with Gasteiger partial charge in [-0.1, -0.05) is 0 Å². The van der Waals surface area contributed by atoms with Gasteiger partial charge in [0.15, 0.2) is 9.84 Å². The molecule has 0 aliphatic heterocycles. The topological polar surface area (TPSA) is 82.3 Å². The molecule has 0 bridgehead atoms. The summed E-state index contributed by atoms with van der Waals surface area (Å²) in [6, 6.07) is 9.60. The van der Waals surface area contributed by atoms with Gasteiger partial charge in [-0.3, -0.25) is 0 Å². The number of nitrogen functional groups attached to an aromatic ring is 1. The van der Waals surface area contributed by atoms with Gasteiger partial charge in [0.1, 0.15) is 5.75 Å². The summed E-state index contributed by atoms with van der Waals surface area (Å²) in [5, 5.41) is 0. The van der Waals surface area contributed by atoms with Crippen LogP contribution in [0.4, 0.5) is 5.69 Å². The van der Waals surface area contributed by atoms with Crippen LogP contribution in [0.2, 0.25) is 0 Å². The number of aryl methyl sites for hydroxylation is 1. The number of aromatic nitrogens is 1. The van der Waals surface area contributed by atoms with Gasteiger partial charge in [0.05, 0.1) is 10.6 Å². The average molecular weight is 278 g/mol. The molecule has 1 aromatic heterocycles. The van der Waals surface area contributed by atoms with Gasteiger partial charge in [-0.25, -0.2) is 13.4 Å². The summed E-state index contributed by atoms with van der Waals surface area (Å²) in [5.41, 5.74) is 6.97. The third-order valence-electron chi connectivity index (χ3n) is 2.50. The zero-order valence-corrected chi connectivity index (χ0v) is 11.4. The number of pyridine rings is 1. The Morgan fingerprint density at radius 2 is 1.74 bits per heavy atom. The van der Waals surface area contributed by atoms with Gasteiger partial charge in [0, 0.05) is 11.9 Å². The molecule has 100 valence electrons. The number of benzene rings is 1. The molecule has 5 nitrogen and oxygen atoms in total. The summed E-state index contributed by atoms with van der Waals surface area (Å²) in [6.07, 6.45) is 1.16. The van der Waals surface area contributed by atoms with Crippen molar-refractivity contribution in [2.24, 2.45) is 0 Å². The highest BCUT2D eigenvalue weighted by atomic mass is 32.2. The molecule has 0 fully saturated rings. The van der Waals surface area contributed by atoms with Crippen molar-refractivity contribution in [1.29, 1.82) is 0 Å².